The molecule has 2 aromatic rings. The number of morpholine rings is 1. The lowest BCUT2D eigenvalue weighted by Crippen LogP contribution is -2.36. The predicted octanol–water partition coefficient (Wildman–Crippen LogP) is 2.87. The van der Waals surface area contributed by atoms with Gasteiger partial charge in [0.15, 0.2) is 0 Å². The molecule has 1 fully saturated rings. The van der Waals surface area contributed by atoms with Crippen LogP contribution in [0.1, 0.15) is 13.3 Å². The van der Waals surface area contributed by atoms with Gasteiger partial charge in [0.2, 0.25) is 5.95 Å². The molecular weight excluding hydrogens is 264 g/mol. The van der Waals surface area contributed by atoms with Crippen molar-refractivity contribution in [3.63, 3.8) is 0 Å². The second-order valence-corrected chi connectivity index (χ2v) is 5.22. The SMILES string of the molecule is CCCn1ccnc1Nc1ccc(N2CCOCC2)cc1. The van der Waals surface area contributed by atoms with Crippen LogP contribution in [0.25, 0.3) is 0 Å². The number of anilines is 3. The molecule has 3 rings (SSSR count). The summed E-state index contributed by atoms with van der Waals surface area (Å²) >= 11 is 0. The van der Waals surface area contributed by atoms with Crippen LogP contribution in [0.5, 0.6) is 0 Å². The monoisotopic (exact) mass is 286 g/mol. The number of benzene rings is 1. The van der Waals surface area contributed by atoms with Crippen molar-refractivity contribution in [3.05, 3.63) is 36.7 Å². The maximum Gasteiger partial charge on any atom is 0.207 e. The summed E-state index contributed by atoms with van der Waals surface area (Å²) in [6, 6.07) is 8.52. The van der Waals surface area contributed by atoms with E-state index in [1.54, 1.807) is 0 Å². The van der Waals surface area contributed by atoms with Gasteiger partial charge in [-0.2, -0.15) is 0 Å². The summed E-state index contributed by atoms with van der Waals surface area (Å²) < 4.78 is 7.52. The summed E-state index contributed by atoms with van der Waals surface area (Å²) in [4.78, 5) is 6.72. The third-order valence-electron chi connectivity index (χ3n) is 3.68. The van der Waals surface area contributed by atoms with Gasteiger partial charge in [-0.3, -0.25) is 0 Å². The Morgan fingerprint density at radius 1 is 1.19 bits per heavy atom. The highest BCUT2D eigenvalue weighted by atomic mass is 16.5. The molecule has 112 valence electrons. The summed E-state index contributed by atoms with van der Waals surface area (Å²) in [5.41, 5.74) is 2.32. The lowest BCUT2D eigenvalue weighted by molar-refractivity contribution is 0.122. The molecule has 0 bridgehead atoms. The second-order valence-electron chi connectivity index (χ2n) is 5.22. The fraction of sp³-hybridized carbons (Fsp3) is 0.438. The van der Waals surface area contributed by atoms with Crippen molar-refractivity contribution in [2.45, 2.75) is 19.9 Å². The number of ether oxygens (including phenoxy) is 1. The van der Waals surface area contributed by atoms with E-state index in [4.69, 9.17) is 4.74 Å². The second kappa shape index (κ2) is 6.63. The zero-order chi connectivity index (χ0) is 14.5. The number of hydrogen-bond donors (Lipinski definition) is 1. The molecule has 2 heterocycles. The van der Waals surface area contributed by atoms with Gasteiger partial charge in [0.25, 0.3) is 0 Å². The lowest BCUT2D eigenvalue weighted by atomic mass is 10.2. The van der Waals surface area contributed by atoms with E-state index >= 15 is 0 Å². The molecule has 0 saturated carbocycles. The van der Waals surface area contributed by atoms with Gasteiger partial charge >= 0.3 is 0 Å². The Balaban J connectivity index is 1.67. The summed E-state index contributed by atoms with van der Waals surface area (Å²) in [6.07, 6.45) is 4.94. The van der Waals surface area contributed by atoms with Gasteiger partial charge in [0.05, 0.1) is 13.2 Å². The minimum atomic E-state index is 0.814. The van der Waals surface area contributed by atoms with Crippen LogP contribution in [0.15, 0.2) is 36.7 Å². The van der Waals surface area contributed by atoms with Gasteiger partial charge in [-0.15, -0.1) is 0 Å². The third-order valence-corrected chi connectivity index (χ3v) is 3.68. The first-order valence-corrected chi connectivity index (χ1v) is 7.58. The molecule has 1 aliphatic heterocycles. The first-order valence-electron chi connectivity index (χ1n) is 7.58. The lowest BCUT2D eigenvalue weighted by Gasteiger charge is -2.28. The highest BCUT2D eigenvalue weighted by Crippen LogP contribution is 2.21. The van der Waals surface area contributed by atoms with Crippen molar-refractivity contribution in [1.82, 2.24) is 9.55 Å². The van der Waals surface area contributed by atoms with Crippen molar-refractivity contribution in [2.75, 3.05) is 36.5 Å². The molecule has 0 spiro atoms. The summed E-state index contributed by atoms with van der Waals surface area (Å²) in [5, 5.41) is 3.38. The molecule has 1 aromatic heterocycles. The molecule has 0 atom stereocenters. The quantitative estimate of drug-likeness (QED) is 0.917. The predicted molar refractivity (Wildman–Crippen MR) is 85.3 cm³/mol. The number of nitrogens with one attached hydrogen (secondary N) is 1. The highest BCUT2D eigenvalue weighted by Gasteiger charge is 2.11. The molecule has 5 nitrogen and oxygen atoms in total. The molecule has 1 aromatic carbocycles. The average molecular weight is 286 g/mol. The fourth-order valence-corrected chi connectivity index (χ4v) is 2.56. The van der Waals surface area contributed by atoms with E-state index in [0.29, 0.717) is 0 Å². The van der Waals surface area contributed by atoms with Crippen molar-refractivity contribution >= 4 is 17.3 Å². The van der Waals surface area contributed by atoms with Crippen LogP contribution in [0, 0.1) is 0 Å². The van der Waals surface area contributed by atoms with E-state index in [9.17, 15) is 0 Å². The maximum atomic E-state index is 5.39. The molecule has 1 saturated heterocycles. The van der Waals surface area contributed by atoms with Crippen LogP contribution in [0.2, 0.25) is 0 Å². The van der Waals surface area contributed by atoms with E-state index in [0.717, 1.165) is 50.9 Å². The summed E-state index contributed by atoms with van der Waals surface area (Å²) in [5.74, 6) is 0.899. The number of hydrogen-bond acceptors (Lipinski definition) is 4. The Morgan fingerprint density at radius 3 is 2.67 bits per heavy atom. The number of nitrogens with zero attached hydrogens (tertiary/aromatic N) is 3. The van der Waals surface area contributed by atoms with Gasteiger partial charge in [-0.05, 0) is 30.7 Å². The first-order chi connectivity index (χ1) is 10.4. The van der Waals surface area contributed by atoms with Gasteiger partial charge in [0.1, 0.15) is 0 Å². The van der Waals surface area contributed by atoms with Crippen LogP contribution in [0.4, 0.5) is 17.3 Å². The van der Waals surface area contributed by atoms with Crippen molar-refractivity contribution in [1.29, 1.82) is 0 Å². The molecule has 0 aliphatic carbocycles. The van der Waals surface area contributed by atoms with E-state index in [2.05, 4.69) is 51.0 Å². The number of imidazole rings is 1. The third kappa shape index (κ3) is 3.36. The molecule has 21 heavy (non-hydrogen) atoms. The van der Waals surface area contributed by atoms with Gasteiger partial charge in [-0.1, -0.05) is 6.92 Å². The molecule has 0 amide bonds. The minimum Gasteiger partial charge on any atom is -0.378 e. The molecular formula is C16H22N4O. The smallest absolute Gasteiger partial charge is 0.207 e. The van der Waals surface area contributed by atoms with Crippen LogP contribution < -0.4 is 10.2 Å². The molecule has 0 radical (unpaired) electrons. The van der Waals surface area contributed by atoms with Crippen molar-refractivity contribution < 1.29 is 4.74 Å². The topological polar surface area (TPSA) is 42.3 Å². The Kier molecular flexibility index (Phi) is 4.40. The number of aryl methyl sites for hydroxylation is 1. The molecule has 0 unspecified atom stereocenters. The van der Waals surface area contributed by atoms with Crippen LogP contribution >= 0.6 is 0 Å². The van der Waals surface area contributed by atoms with E-state index in [1.807, 2.05) is 12.4 Å². The van der Waals surface area contributed by atoms with Crippen LogP contribution in [-0.4, -0.2) is 35.9 Å². The minimum absolute atomic E-state index is 0.814. The Labute approximate surface area is 125 Å². The molecule has 5 heteroatoms. The maximum absolute atomic E-state index is 5.39. The summed E-state index contributed by atoms with van der Waals surface area (Å²) in [7, 11) is 0. The Bertz CT molecular complexity index is 558. The summed E-state index contributed by atoms with van der Waals surface area (Å²) in [6.45, 7) is 6.71. The van der Waals surface area contributed by atoms with Gasteiger partial charge in [-0.25, -0.2) is 4.98 Å². The van der Waals surface area contributed by atoms with E-state index in [1.165, 1.54) is 5.69 Å². The molecule has 1 aliphatic rings. The largest absolute Gasteiger partial charge is 0.378 e. The zero-order valence-corrected chi connectivity index (χ0v) is 12.5. The normalized spacial score (nSPS) is 15.2. The van der Waals surface area contributed by atoms with E-state index < -0.39 is 0 Å². The number of rotatable bonds is 5. The van der Waals surface area contributed by atoms with Crippen molar-refractivity contribution in [3.8, 4) is 0 Å². The van der Waals surface area contributed by atoms with Crippen molar-refractivity contribution in [2.24, 2.45) is 0 Å². The average Bonchev–Trinajstić information content (AvgIpc) is 2.96. The van der Waals surface area contributed by atoms with Gasteiger partial charge in [0, 0.05) is 43.4 Å². The number of aromatic nitrogens is 2. The Morgan fingerprint density at radius 2 is 1.95 bits per heavy atom. The first kappa shape index (κ1) is 13.9. The zero-order valence-electron chi connectivity index (χ0n) is 12.5. The van der Waals surface area contributed by atoms with Crippen LogP contribution in [0.3, 0.4) is 0 Å². The van der Waals surface area contributed by atoms with Crippen LogP contribution in [-0.2, 0) is 11.3 Å². The Hall–Kier alpha value is -2.01. The fourth-order valence-electron chi connectivity index (χ4n) is 2.56. The highest BCUT2D eigenvalue weighted by molar-refractivity contribution is 5.59. The standard InChI is InChI=1S/C16H22N4O/c1-2-8-20-9-7-17-16(20)18-14-3-5-15(6-4-14)19-10-12-21-13-11-19/h3-7,9H,2,8,10-13H2,1H3,(H,17,18). The van der Waals surface area contributed by atoms with E-state index in [-0.39, 0.29) is 0 Å². The molecule has 1 N–H and O–H groups in total. The van der Waals surface area contributed by atoms with Gasteiger partial charge < -0.3 is 19.5 Å².